The summed E-state index contributed by atoms with van der Waals surface area (Å²) in [5, 5.41) is 20.0. The van der Waals surface area contributed by atoms with E-state index in [0.29, 0.717) is 17.9 Å². The molecule has 0 radical (unpaired) electrons. The first-order chi connectivity index (χ1) is 14.1. The monoisotopic (exact) mass is 390 g/mol. The smallest absolute Gasteiger partial charge is 0.238 e. The molecule has 0 spiro atoms. The molecule has 6 heteroatoms. The fourth-order valence-electron chi connectivity index (χ4n) is 3.04. The van der Waals surface area contributed by atoms with Gasteiger partial charge in [0.25, 0.3) is 0 Å². The minimum absolute atomic E-state index is 0.00441. The highest BCUT2D eigenvalue weighted by atomic mass is 16.5. The van der Waals surface area contributed by atoms with Crippen LogP contribution in [0.25, 0.3) is 22.3 Å². The Labute approximate surface area is 166 Å². The molecule has 1 aromatic heterocycles. The molecule has 4 rings (SSSR count). The molecule has 0 saturated carbocycles. The Hall–Kier alpha value is -3.93. The normalized spacial score (nSPS) is 10.8. The van der Waals surface area contributed by atoms with Gasteiger partial charge in [0, 0.05) is 17.7 Å². The summed E-state index contributed by atoms with van der Waals surface area (Å²) < 4.78 is 17.0. The summed E-state index contributed by atoms with van der Waals surface area (Å²) in [4.78, 5) is 12.8. The molecule has 0 fully saturated rings. The zero-order valence-electron chi connectivity index (χ0n) is 15.6. The van der Waals surface area contributed by atoms with Crippen molar-refractivity contribution in [1.82, 2.24) is 0 Å². The molecule has 0 aliphatic rings. The predicted octanol–water partition coefficient (Wildman–Crippen LogP) is 4.46. The number of fused-ring (bicyclic) bond motifs is 1. The minimum Gasteiger partial charge on any atom is -0.508 e. The highest BCUT2D eigenvalue weighted by Gasteiger charge is 2.19. The van der Waals surface area contributed by atoms with Crippen molar-refractivity contribution in [2.45, 2.75) is 6.61 Å². The van der Waals surface area contributed by atoms with Crippen LogP contribution in [0.2, 0.25) is 0 Å². The lowest BCUT2D eigenvalue weighted by molar-refractivity contribution is 0.304. The van der Waals surface area contributed by atoms with Gasteiger partial charge in [0.2, 0.25) is 11.2 Å². The lowest BCUT2D eigenvalue weighted by Gasteiger charge is -2.12. The zero-order valence-corrected chi connectivity index (χ0v) is 15.6. The molecular formula is C23H18O6. The van der Waals surface area contributed by atoms with Crippen molar-refractivity contribution < 1.29 is 24.1 Å². The molecule has 0 atom stereocenters. The Morgan fingerprint density at radius 3 is 2.38 bits per heavy atom. The summed E-state index contributed by atoms with van der Waals surface area (Å²) in [6.45, 7) is 0.336. The second-order valence-electron chi connectivity index (χ2n) is 6.43. The molecule has 0 aliphatic heterocycles. The van der Waals surface area contributed by atoms with E-state index in [1.165, 1.54) is 19.2 Å². The van der Waals surface area contributed by atoms with E-state index in [-0.39, 0.29) is 28.2 Å². The van der Waals surface area contributed by atoms with Crippen molar-refractivity contribution in [2.24, 2.45) is 0 Å². The van der Waals surface area contributed by atoms with Gasteiger partial charge in [0.15, 0.2) is 5.76 Å². The van der Waals surface area contributed by atoms with Gasteiger partial charge in [0.05, 0.1) is 7.11 Å². The Kier molecular flexibility index (Phi) is 4.83. The summed E-state index contributed by atoms with van der Waals surface area (Å²) in [6, 6.07) is 18.8. The van der Waals surface area contributed by atoms with Crippen molar-refractivity contribution in [1.29, 1.82) is 0 Å². The number of benzene rings is 3. The van der Waals surface area contributed by atoms with Crippen LogP contribution in [0.1, 0.15) is 5.56 Å². The highest BCUT2D eigenvalue weighted by molar-refractivity contribution is 5.88. The Balaban J connectivity index is 1.81. The number of phenolic OH excluding ortho intramolecular Hbond substituents is 1. The Morgan fingerprint density at radius 2 is 1.69 bits per heavy atom. The molecule has 3 aromatic carbocycles. The standard InChI is InChI=1S/C23H18O6/c1-27-18-11-17(28-13-14-5-3-2-4-6-14)12-19-20(18)21(25)22(26)23(29-19)15-7-9-16(24)10-8-15/h2-12,24,26H,13H2,1H3. The molecular weight excluding hydrogens is 372 g/mol. The van der Waals surface area contributed by atoms with Crippen molar-refractivity contribution in [3.05, 3.63) is 82.5 Å². The first-order valence-corrected chi connectivity index (χ1v) is 8.91. The first kappa shape index (κ1) is 18.4. The minimum atomic E-state index is -0.610. The van der Waals surface area contributed by atoms with Gasteiger partial charge in [-0.05, 0) is 29.8 Å². The van der Waals surface area contributed by atoms with Crippen molar-refractivity contribution in [2.75, 3.05) is 7.11 Å². The van der Waals surface area contributed by atoms with E-state index in [4.69, 9.17) is 13.9 Å². The molecule has 2 N–H and O–H groups in total. The van der Waals surface area contributed by atoms with Crippen LogP contribution in [-0.2, 0) is 6.61 Å². The maximum absolute atomic E-state index is 12.8. The van der Waals surface area contributed by atoms with E-state index in [1.807, 2.05) is 30.3 Å². The Morgan fingerprint density at radius 1 is 0.966 bits per heavy atom. The van der Waals surface area contributed by atoms with Gasteiger partial charge in [-0.1, -0.05) is 30.3 Å². The van der Waals surface area contributed by atoms with Crippen molar-refractivity contribution in [3.63, 3.8) is 0 Å². The molecule has 0 bridgehead atoms. The number of ether oxygens (including phenoxy) is 2. The molecule has 6 nitrogen and oxygen atoms in total. The first-order valence-electron chi connectivity index (χ1n) is 8.91. The van der Waals surface area contributed by atoms with E-state index in [2.05, 4.69) is 0 Å². The van der Waals surface area contributed by atoms with Crippen LogP contribution in [0.3, 0.4) is 0 Å². The van der Waals surface area contributed by atoms with Crippen LogP contribution < -0.4 is 14.9 Å². The van der Waals surface area contributed by atoms with E-state index in [1.54, 1.807) is 24.3 Å². The van der Waals surface area contributed by atoms with Crippen LogP contribution in [0, 0.1) is 0 Å². The summed E-state index contributed by atoms with van der Waals surface area (Å²) in [7, 11) is 1.43. The number of aromatic hydroxyl groups is 2. The molecule has 0 saturated heterocycles. The van der Waals surface area contributed by atoms with Crippen molar-refractivity contribution >= 4 is 11.0 Å². The topological polar surface area (TPSA) is 89.1 Å². The third-order valence-electron chi connectivity index (χ3n) is 4.51. The van der Waals surface area contributed by atoms with Gasteiger partial charge >= 0.3 is 0 Å². The average Bonchev–Trinajstić information content (AvgIpc) is 2.75. The molecule has 0 aliphatic carbocycles. The van der Waals surface area contributed by atoms with Crippen LogP contribution in [0.5, 0.6) is 23.0 Å². The molecule has 146 valence electrons. The lowest BCUT2D eigenvalue weighted by atomic mass is 10.1. The fraction of sp³-hybridized carbons (Fsp3) is 0.0870. The van der Waals surface area contributed by atoms with Gasteiger partial charge in [-0.15, -0.1) is 0 Å². The summed E-state index contributed by atoms with van der Waals surface area (Å²) in [5.74, 6) is 0.245. The summed E-state index contributed by atoms with van der Waals surface area (Å²) >= 11 is 0. The van der Waals surface area contributed by atoms with Gasteiger partial charge in [-0.2, -0.15) is 0 Å². The molecule has 29 heavy (non-hydrogen) atoms. The number of hydrogen-bond donors (Lipinski definition) is 2. The number of rotatable bonds is 5. The van der Waals surface area contributed by atoms with Gasteiger partial charge in [0.1, 0.15) is 34.8 Å². The van der Waals surface area contributed by atoms with Crippen LogP contribution >= 0.6 is 0 Å². The third kappa shape index (κ3) is 3.60. The largest absolute Gasteiger partial charge is 0.508 e. The second-order valence-corrected chi connectivity index (χ2v) is 6.43. The number of hydrogen-bond acceptors (Lipinski definition) is 6. The third-order valence-corrected chi connectivity index (χ3v) is 4.51. The quantitative estimate of drug-likeness (QED) is 0.523. The number of methoxy groups -OCH3 is 1. The van der Waals surface area contributed by atoms with Gasteiger partial charge < -0.3 is 24.1 Å². The fourth-order valence-corrected chi connectivity index (χ4v) is 3.04. The molecule has 0 unspecified atom stereocenters. The van der Waals surface area contributed by atoms with Crippen molar-refractivity contribution in [3.8, 4) is 34.3 Å². The molecule has 0 amide bonds. The molecule has 4 aromatic rings. The van der Waals surface area contributed by atoms with E-state index in [9.17, 15) is 15.0 Å². The predicted molar refractivity (Wildman–Crippen MR) is 109 cm³/mol. The van der Waals surface area contributed by atoms with Crippen LogP contribution in [0.15, 0.2) is 75.9 Å². The summed E-state index contributed by atoms with van der Waals surface area (Å²) in [6.07, 6.45) is 0. The maximum atomic E-state index is 12.8. The highest BCUT2D eigenvalue weighted by Crippen LogP contribution is 2.36. The Bertz CT molecular complexity index is 1210. The van der Waals surface area contributed by atoms with E-state index < -0.39 is 11.2 Å². The average molecular weight is 390 g/mol. The second kappa shape index (κ2) is 7.59. The van der Waals surface area contributed by atoms with Crippen LogP contribution in [-0.4, -0.2) is 17.3 Å². The zero-order chi connectivity index (χ0) is 20.4. The van der Waals surface area contributed by atoms with Gasteiger partial charge in [-0.25, -0.2) is 0 Å². The summed E-state index contributed by atoms with van der Waals surface area (Å²) in [5.41, 5.74) is 1.05. The molecule has 1 heterocycles. The SMILES string of the molecule is COc1cc(OCc2ccccc2)cc2oc(-c3ccc(O)cc3)c(O)c(=O)c12. The van der Waals surface area contributed by atoms with E-state index in [0.717, 1.165) is 5.56 Å². The van der Waals surface area contributed by atoms with E-state index >= 15 is 0 Å². The lowest BCUT2D eigenvalue weighted by Crippen LogP contribution is -2.05. The number of phenols is 1. The maximum Gasteiger partial charge on any atom is 0.238 e. The van der Waals surface area contributed by atoms with Gasteiger partial charge in [-0.3, -0.25) is 4.79 Å². The van der Waals surface area contributed by atoms with Crippen LogP contribution in [0.4, 0.5) is 0 Å².